The maximum absolute atomic E-state index is 12.9. The van der Waals surface area contributed by atoms with Gasteiger partial charge in [0.15, 0.2) is 9.84 Å². The molecule has 0 N–H and O–H groups in total. The first kappa shape index (κ1) is 21.3. The van der Waals surface area contributed by atoms with E-state index in [4.69, 9.17) is 11.6 Å². The van der Waals surface area contributed by atoms with Gasteiger partial charge in [0.1, 0.15) is 29.1 Å². The molecular formula is C20H14ClF3N4O2S. The number of sulfone groups is 1. The first-order valence-electron chi connectivity index (χ1n) is 8.99. The van der Waals surface area contributed by atoms with Crippen LogP contribution in [0, 0.1) is 0 Å². The first-order chi connectivity index (χ1) is 14.6. The lowest BCUT2D eigenvalue weighted by Gasteiger charge is -2.10. The Morgan fingerprint density at radius 1 is 1.06 bits per heavy atom. The molecule has 0 atom stereocenters. The molecule has 0 unspecified atom stereocenters. The quantitative estimate of drug-likeness (QED) is 0.426. The fourth-order valence-corrected chi connectivity index (χ4v) is 4.19. The van der Waals surface area contributed by atoms with Crippen LogP contribution in [0.25, 0.3) is 28.2 Å². The minimum absolute atomic E-state index is 0.0271. The molecule has 0 saturated carbocycles. The van der Waals surface area contributed by atoms with E-state index in [1.165, 1.54) is 29.8 Å². The molecule has 0 bridgehead atoms. The molecule has 0 amide bonds. The molecule has 4 rings (SSSR count). The van der Waals surface area contributed by atoms with Gasteiger partial charge in [-0.05, 0) is 23.8 Å². The fourth-order valence-electron chi connectivity index (χ4n) is 2.99. The summed E-state index contributed by atoms with van der Waals surface area (Å²) >= 11 is 5.91. The zero-order chi connectivity index (χ0) is 22.4. The topological polar surface area (TPSA) is 77.2 Å². The summed E-state index contributed by atoms with van der Waals surface area (Å²) in [7, 11) is -3.72. The average Bonchev–Trinajstić information content (AvgIpc) is 3.16. The highest BCUT2D eigenvalue weighted by Crippen LogP contribution is 2.32. The Bertz CT molecular complexity index is 1380. The Morgan fingerprint density at radius 3 is 2.42 bits per heavy atom. The molecule has 0 fully saturated rings. The molecule has 160 valence electrons. The molecule has 0 saturated heterocycles. The lowest BCUT2D eigenvalue weighted by molar-refractivity contribution is -0.141. The average molecular weight is 467 g/mol. The molecule has 3 aromatic heterocycles. The second-order valence-electron chi connectivity index (χ2n) is 6.64. The van der Waals surface area contributed by atoms with Gasteiger partial charge in [-0.15, -0.1) is 0 Å². The van der Waals surface area contributed by atoms with Crippen LogP contribution in [0.15, 0.2) is 60.0 Å². The highest BCUT2D eigenvalue weighted by atomic mass is 35.5. The molecule has 0 radical (unpaired) electrons. The van der Waals surface area contributed by atoms with Crippen molar-refractivity contribution in [1.29, 1.82) is 0 Å². The first-order valence-corrected chi connectivity index (χ1v) is 11.0. The van der Waals surface area contributed by atoms with Gasteiger partial charge in [0.05, 0.1) is 10.6 Å². The summed E-state index contributed by atoms with van der Waals surface area (Å²) in [5.74, 6) is -0.182. The SMILES string of the molecule is CCS(=O)(=O)c1cc(-c2ccc(Cl)cc2)cnc1-c1cn2cnc(C(F)(F)F)cc2n1. The molecule has 0 aliphatic carbocycles. The van der Waals surface area contributed by atoms with Crippen LogP contribution < -0.4 is 0 Å². The van der Waals surface area contributed by atoms with E-state index in [1.54, 1.807) is 24.3 Å². The van der Waals surface area contributed by atoms with Gasteiger partial charge in [0, 0.05) is 29.0 Å². The van der Waals surface area contributed by atoms with E-state index < -0.39 is 21.7 Å². The molecule has 11 heteroatoms. The minimum Gasteiger partial charge on any atom is -0.290 e. The van der Waals surface area contributed by atoms with E-state index >= 15 is 0 Å². The van der Waals surface area contributed by atoms with Crippen LogP contribution in [0.5, 0.6) is 0 Å². The normalized spacial score (nSPS) is 12.4. The van der Waals surface area contributed by atoms with Crippen LogP contribution in [0.2, 0.25) is 5.02 Å². The number of aromatic nitrogens is 4. The Hall–Kier alpha value is -2.98. The molecule has 0 aliphatic rings. The fraction of sp³-hybridized carbons (Fsp3) is 0.150. The summed E-state index contributed by atoms with van der Waals surface area (Å²) in [6, 6.07) is 9.08. The lowest BCUT2D eigenvalue weighted by atomic mass is 10.1. The predicted octanol–water partition coefficient (Wildman–Crippen LogP) is 4.92. The number of pyridine rings is 1. The van der Waals surface area contributed by atoms with Crippen LogP contribution in [-0.2, 0) is 16.0 Å². The number of fused-ring (bicyclic) bond motifs is 1. The summed E-state index contributed by atoms with van der Waals surface area (Å²) in [5, 5.41) is 0.534. The summed E-state index contributed by atoms with van der Waals surface area (Å²) in [6.07, 6.45) is -0.772. The van der Waals surface area contributed by atoms with E-state index in [9.17, 15) is 21.6 Å². The van der Waals surface area contributed by atoms with Crippen molar-refractivity contribution in [1.82, 2.24) is 19.4 Å². The Kier molecular flexibility index (Phi) is 5.22. The molecule has 1 aromatic carbocycles. The predicted molar refractivity (Wildman–Crippen MR) is 109 cm³/mol. The Morgan fingerprint density at radius 2 is 1.77 bits per heavy atom. The van der Waals surface area contributed by atoms with Gasteiger partial charge in [-0.3, -0.25) is 9.38 Å². The van der Waals surface area contributed by atoms with Crippen molar-refractivity contribution < 1.29 is 21.6 Å². The zero-order valence-electron chi connectivity index (χ0n) is 15.9. The second-order valence-corrected chi connectivity index (χ2v) is 9.33. The largest absolute Gasteiger partial charge is 0.433 e. The monoisotopic (exact) mass is 466 g/mol. The molecule has 0 spiro atoms. The van der Waals surface area contributed by atoms with Gasteiger partial charge in [-0.25, -0.2) is 18.4 Å². The highest BCUT2D eigenvalue weighted by Gasteiger charge is 2.33. The molecule has 31 heavy (non-hydrogen) atoms. The van der Waals surface area contributed by atoms with Crippen molar-refractivity contribution in [3.63, 3.8) is 0 Å². The van der Waals surface area contributed by atoms with Gasteiger partial charge >= 0.3 is 6.18 Å². The maximum atomic E-state index is 12.9. The second kappa shape index (κ2) is 7.61. The van der Waals surface area contributed by atoms with E-state index in [0.29, 0.717) is 16.1 Å². The van der Waals surface area contributed by atoms with Gasteiger partial charge in [0.2, 0.25) is 0 Å². The maximum Gasteiger partial charge on any atom is 0.433 e. The van der Waals surface area contributed by atoms with Crippen LogP contribution in [0.3, 0.4) is 0 Å². The summed E-state index contributed by atoms with van der Waals surface area (Å²) in [6.45, 7) is 1.50. The number of hydrogen-bond donors (Lipinski definition) is 0. The summed E-state index contributed by atoms with van der Waals surface area (Å²) in [4.78, 5) is 11.8. The van der Waals surface area contributed by atoms with Gasteiger partial charge in [-0.1, -0.05) is 30.7 Å². The number of hydrogen-bond acceptors (Lipinski definition) is 5. The van der Waals surface area contributed by atoms with E-state index in [2.05, 4.69) is 15.0 Å². The van der Waals surface area contributed by atoms with Gasteiger partial charge in [-0.2, -0.15) is 13.2 Å². The van der Waals surface area contributed by atoms with E-state index in [1.807, 2.05) is 0 Å². The van der Waals surface area contributed by atoms with Gasteiger partial charge in [0.25, 0.3) is 0 Å². The molecule has 0 aliphatic heterocycles. The number of rotatable bonds is 4. The van der Waals surface area contributed by atoms with Crippen LogP contribution in [0.1, 0.15) is 12.6 Å². The zero-order valence-corrected chi connectivity index (χ0v) is 17.5. The number of imidazole rings is 1. The Labute approximate surface area is 180 Å². The highest BCUT2D eigenvalue weighted by molar-refractivity contribution is 7.91. The number of alkyl halides is 3. The number of nitrogens with zero attached hydrogens (tertiary/aromatic N) is 4. The van der Waals surface area contributed by atoms with Crippen molar-refractivity contribution in [3.05, 3.63) is 65.8 Å². The van der Waals surface area contributed by atoms with Crippen molar-refractivity contribution in [3.8, 4) is 22.5 Å². The number of benzene rings is 1. The van der Waals surface area contributed by atoms with Crippen molar-refractivity contribution in [2.45, 2.75) is 18.0 Å². The Balaban J connectivity index is 1.88. The van der Waals surface area contributed by atoms with Crippen molar-refractivity contribution in [2.24, 2.45) is 0 Å². The summed E-state index contributed by atoms with van der Waals surface area (Å²) < 4.78 is 65.7. The molecule has 4 aromatic rings. The third-order valence-corrected chi connectivity index (χ3v) is 6.62. The third kappa shape index (κ3) is 4.13. The smallest absolute Gasteiger partial charge is 0.290 e. The van der Waals surface area contributed by atoms with Crippen LogP contribution in [0.4, 0.5) is 13.2 Å². The number of halogens is 4. The van der Waals surface area contributed by atoms with Crippen molar-refractivity contribution >= 4 is 27.1 Å². The lowest BCUT2D eigenvalue weighted by Crippen LogP contribution is -2.08. The van der Waals surface area contributed by atoms with Crippen molar-refractivity contribution in [2.75, 3.05) is 5.75 Å². The van der Waals surface area contributed by atoms with Crippen LogP contribution in [-0.4, -0.2) is 33.5 Å². The third-order valence-electron chi connectivity index (χ3n) is 4.63. The molecule has 6 nitrogen and oxygen atoms in total. The van der Waals surface area contributed by atoms with E-state index in [-0.39, 0.29) is 27.7 Å². The van der Waals surface area contributed by atoms with Gasteiger partial charge < -0.3 is 0 Å². The summed E-state index contributed by atoms with van der Waals surface area (Å²) in [5.41, 5.74) is 0.320. The minimum atomic E-state index is -4.62. The molecular weight excluding hydrogens is 453 g/mol. The molecule has 3 heterocycles. The van der Waals surface area contributed by atoms with E-state index in [0.717, 1.165) is 12.4 Å². The standard InChI is InChI=1S/C20H14ClF3N4O2S/c1-2-31(29,30)16-7-13(12-3-5-14(21)6-4-12)9-25-19(16)15-10-28-11-26-17(20(22,23)24)8-18(28)27-15/h3-11H,2H2,1H3. The van der Waals surface area contributed by atoms with Crippen LogP contribution >= 0.6 is 11.6 Å².